The van der Waals surface area contributed by atoms with Crippen molar-refractivity contribution in [2.75, 3.05) is 25.5 Å². The molecule has 244 valence electrons. The molecule has 1 amide bonds. The number of nitrogens with zero attached hydrogens (tertiary/aromatic N) is 1. The molecule has 3 aromatic rings. The number of halogens is 1. The number of carbonyl (C=O) groups excluding carboxylic acids is 1. The Morgan fingerprint density at radius 2 is 1.65 bits per heavy atom. The van der Waals surface area contributed by atoms with E-state index in [4.69, 9.17) is 24.3 Å². The second-order valence-electron chi connectivity index (χ2n) is 14.0. The summed E-state index contributed by atoms with van der Waals surface area (Å²) in [5.74, 6) is 0.943. The van der Waals surface area contributed by atoms with E-state index < -0.39 is 11.6 Å². The number of nitrogens with one attached hydrogen (secondary N) is 2. The maximum atomic E-state index is 13.6. The van der Waals surface area contributed by atoms with Gasteiger partial charge in [-0.3, -0.25) is 9.78 Å². The van der Waals surface area contributed by atoms with Gasteiger partial charge in [0.1, 0.15) is 11.6 Å². The van der Waals surface area contributed by atoms with Gasteiger partial charge in [0.2, 0.25) is 17.5 Å². The average molecular weight is 632 g/mol. The molecular formula is C36H42FN3O6. The molecule has 5 saturated carbocycles. The van der Waals surface area contributed by atoms with Crippen molar-refractivity contribution in [2.24, 2.45) is 29.6 Å². The van der Waals surface area contributed by atoms with Gasteiger partial charge in [-0.25, -0.2) is 4.39 Å². The highest BCUT2D eigenvalue weighted by Gasteiger charge is 2.64. The Morgan fingerprint density at radius 3 is 2.33 bits per heavy atom. The highest BCUT2D eigenvalue weighted by molar-refractivity contribution is 6.04. The molecule has 0 radical (unpaired) electrons. The molecule has 46 heavy (non-hydrogen) atoms. The number of methoxy groups -OCH3 is 1. The lowest BCUT2D eigenvalue weighted by molar-refractivity contribution is -0.680. The van der Waals surface area contributed by atoms with Gasteiger partial charge in [0.05, 0.1) is 18.3 Å². The number of fused-ring (bicyclic) bond motifs is 1. The fraction of sp³-hybridized carbons (Fsp3) is 0.556. The van der Waals surface area contributed by atoms with Crippen molar-refractivity contribution in [1.82, 2.24) is 10.3 Å². The van der Waals surface area contributed by atoms with Gasteiger partial charge in [-0.05, 0) is 87.0 Å². The molecule has 0 atom stereocenters. The number of ether oxygens (including phenoxy) is 1. The first-order chi connectivity index (χ1) is 22.5. The first kappa shape index (κ1) is 30.1. The van der Waals surface area contributed by atoms with E-state index in [-0.39, 0.29) is 17.6 Å². The van der Waals surface area contributed by atoms with Gasteiger partial charge in [0, 0.05) is 66.9 Å². The van der Waals surface area contributed by atoms with Crippen LogP contribution >= 0.6 is 0 Å². The third-order valence-corrected chi connectivity index (χ3v) is 11.2. The van der Waals surface area contributed by atoms with Crippen LogP contribution in [0.2, 0.25) is 0 Å². The van der Waals surface area contributed by atoms with E-state index in [9.17, 15) is 9.18 Å². The predicted octanol–water partition coefficient (Wildman–Crippen LogP) is 6.92. The molecule has 5 aliphatic carbocycles. The van der Waals surface area contributed by atoms with Crippen molar-refractivity contribution in [3.8, 4) is 16.9 Å². The van der Waals surface area contributed by atoms with Crippen molar-refractivity contribution < 1.29 is 33.5 Å². The lowest BCUT2D eigenvalue weighted by Gasteiger charge is -2.60. The van der Waals surface area contributed by atoms with Crippen LogP contribution in [-0.2, 0) is 24.3 Å². The lowest BCUT2D eigenvalue weighted by atomic mass is 9.53. The van der Waals surface area contributed by atoms with Crippen LogP contribution in [0, 0.1) is 35.4 Å². The number of carbonyl (C=O) groups is 1. The molecule has 2 spiro atoms. The number of rotatable bonds is 8. The standard InChI is InChI=1S/C36H42FN3O6/c1-42-31-21-30(33-29(4-2-13-39-33)32(31)24-5-7-28(37)8-6-24)38-14-3-15-40-34(41)25-9-11-35(12-10-25)43-45-36(46-44-35)26-17-22-16-23(19-26)20-27(36)18-22/h2,4-8,13,21-23,25-27,38H,3,9-12,14-20H2,1H3,(H,40,41). The van der Waals surface area contributed by atoms with Crippen LogP contribution in [0.1, 0.15) is 64.2 Å². The first-order valence-corrected chi connectivity index (χ1v) is 16.9. The number of pyridine rings is 1. The molecule has 10 heteroatoms. The van der Waals surface area contributed by atoms with Gasteiger partial charge in [0.15, 0.2) is 0 Å². The highest BCUT2D eigenvalue weighted by Crippen LogP contribution is 2.62. The van der Waals surface area contributed by atoms with Crippen LogP contribution in [0.3, 0.4) is 0 Å². The van der Waals surface area contributed by atoms with Gasteiger partial charge in [-0.15, -0.1) is 0 Å². The van der Waals surface area contributed by atoms with Crippen LogP contribution in [-0.4, -0.2) is 42.7 Å². The fourth-order valence-electron chi connectivity index (χ4n) is 9.01. The number of amides is 1. The molecule has 1 saturated heterocycles. The van der Waals surface area contributed by atoms with Gasteiger partial charge < -0.3 is 15.4 Å². The Kier molecular flexibility index (Phi) is 7.87. The van der Waals surface area contributed by atoms with Crippen molar-refractivity contribution in [2.45, 2.75) is 75.8 Å². The smallest absolute Gasteiger partial charge is 0.239 e. The number of hydrogen-bond acceptors (Lipinski definition) is 8. The zero-order valence-corrected chi connectivity index (χ0v) is 26.3. The molecule has 2 aromatic carbocycles. The normalized spacial score (nSPS) is 33.0. The van der Waals surface area contributed by atoms with Gasteiger partial charge in [-0.1, -0.05) is 18.2 Å². The SMILES string of the molecule is COc1cc(NCCCNC(=O)C2CCC3(CC2)OOC2(OO3)C3CC4CC(C3)CC2C4)c2ncccc2c1-c1ccc(F)cc1. The molecule has 1 aliphatic heterocycles. The van der Waals surface area contributed by atoms with Crippen LogP contribution in [0.4, 0.5) is 10.1 Å². The van der Waals surface area contributed by atoms with E-state index in [1.807, 2.05) is 18.2 Å². The van der Waals surface area contributed by atoms with E-state index in [2.05, 4.69) is 15.6 Å². The average Bonchev–Trinajstić information content (AvgIpc) is 3.08. The third-order valence-electron chi connectivity index (χ3n) is 11.2. The molecule has 2 N–H and O–H groups in total. The minimum Gasteiger partial charge on any atom is -0.496 e. The first-order valence-electron chi connectivity index (χ1n) is 16.9. The van der Waals surface area contributed by atoms with Crippen LogP contribution in [0.25, 0.3) is 22.0 Å². The summed E-state index contributed by atoms with van der Waals surface area (Å²) in [6.45, 7) is 1.19. The van der Waals surface area contributed by atoms with E-state index in [0.717, 1.165) is 71.7 Å². The minimum absolute atomic E-state index is 0.0578. The van der Waals surface area contributed by atoms with Crippen molar-refractivity contribution in [3.63, 3.8) is 0 Å². The second-order valence-corrected chi connectivity index (χ2v) is 14.0. The molecule has 9 nitrogen and oxygen atoms in total. The maximum Gasteiger partial charge on any atom is 0.239 e. The second kappa shape index (κ2) is 12.0. The number of benzene rings is 2. The van der Waals surface area contributed by atoms with E-state index >= 15 is 0 Å². The summed E-state index contributed by atoms with van der Waals surface area (Å²) in [5, 5.41) is 7.50. The van der Waals surface area contributed by atoms with Gasteiger partial charge >= 0.3 is 0 Å². The topological polar surface area (TPSA) is 100 Å². The van der Waals surface area contributed by atoms with Gasteiger partial charge in [-0.2, -0.15) is 19.6 Å². The summed E-state index contributed by atoms with van der Waals surface area (Å²) in [5.41, 5.74) is 3.37. The van der Waals surface area contributed by atoms with Crippen LogP contribution < -0.4 is 15.4 Å². The quantitative estimate of drug-likeness (QED) is 0.204. The summed E-state index contributed by atoms with van der Waals surface area (Å²) in [6, 6.07) is 12.2. The molecule has 1 aromatic heterocycles. The highest BCUT2D eigenvalue weighted by atomic mass is 19.1. The maximum absolute atomic E-state index is 13.6. The largest absolute Gasteiger partial charge is 0.496 e. The van der Waals surface area contributed by atoms with Gasteiger partial charge in [0.25, 0.3) is 0 Å². The Bertz CT molecular complexity index is 1550. The molecular weight excluding hydrogens is 589 g/mol. The third kappa shape index (κ3) is 5.33. The molecule has 2 heterocycles. The summed E-state index contributed by atoms with van der Waals surface area (Å²) < 4.78 is 19.3. The van der Waals surface area contributed by atoms with Crippen LogP contribution in [0.15, 0.2) is 48.7 Å². The Balaban J connectivity index is 0.820. The molecule has 6 aliphatic rings. The number of anilines is 1. The summed E-state index contributed by atoms with van der Waals surface area (Å²) in [6.07, 6.45) is 10.8. The Morgan fingerprint density at radius 1 is 0.957 bits per heavy atom. The fourth-order valence-corrected chi connectivity index (χ4v) is 9.01. The summed E-state index contributed by atoms with van der Waals surface area (Å²) in [7, 11) is 1.63. The molecule has 9 rings (SSSR count). The molecule has 6 fully saturated rings. The molecule has 0 unspecified atom stereocenters. The Hall–Kier alpha value is -3.31. The predicted molar refractivity (Wildman–Crippen MR) is 169 cm³/mol. The van der Waals surface area contributed by atoms with Crippen molar-refractivity contribution in [1.29, 1.82) is 0 Å². The van der Waals surface area contributed by atoms with E-state index in [1.54, 1.807) is 25.4 Å². The summed E-state index contributed by atoms with van der Waals surface area (Å²) in [4.78, 5) is 42.0. The van der Waals surface area contributed by atoms with E-state index in [0.29, 0.717) is 56.4 Å². The zero-order valence-electron chi connectivity index (χ0n) is 26.3. The summed E-state index contributed by atoms with van der Waals surface area (Å²) >= 11 is 0. The lowest BCUT2D eigenvalue weighted by Crippen LogP contribution is -2.64. The zero-order chi connectivity index (χ0) is 31.3. The number of aromatic nitrogens is 1. The van der Waals surface area contributed by atoms with Crippen LogP contribution in [0.5, 0.6) is 5.75 Å². The van der Waals surface area contributed by atoms with Crippen molar-refractivity contribution in [3.05, 3.63) is 54.5 Å². The van der Waals surface area contributed by atoms with Crippen molar-refractivity contribution >= 4 is 22.5 Å². The van der Waals surface area contributed by atoms with E-state index in [1.165, 1.54) is 18.6 Å². The molecule has 4 bridgehead atoms. The minimum atomic E-state index is -0.926. The Labute approximate surface area is 268 Å². The number of hydrogen-bond donors (Lipinski definition) is 2. The monoisotopic (exact) mass is 631 g/mol.